The molecule has 1 aromatic rings. The molecular weight excluding hydrogens is 208 g/mol. The van der Waals surface area contributed by atoms with Crippen molar-refractivity contribution in [1.29, 1.82) is 0 Å². The van der Waals surface area contributed by atoms with Crippen LogP contribution in [0, 0.1) is 0 Å². The molecule has 0 saturated heterocycles. The standard InChI is InChI=1S/C13H17F2N/c1-11(2,3)9-6-4-5-7-10(9)12(16)8-13(12,14)15/h4-7H,8,16H2,1-3H3. The van der Waals surface area contributed by atoms with E-state index in [1.807, 2.05) is 32.9 Å². The summed E-state index contributed by atoms with van der Waals surface area (Å²) in [5, 5.41) is 0. The number of nitrogens with two attached hydrogens (primary N) is 1. The van der Waals surface area contributed by atoms with Crippen LogP contribution >= 0.6 is 0 Å². The van der Waals surface area contributed by atoms with E-state index >= 15 is 0 Å². The summed E-state index contributed by atoms with van der Waals surface area (Å²) >= 11 is 0. The van der Waals surface area contributed by atoms with Crippen LogP contribution in [0.3, 0.4) is 0 Å². The zero-order valence-electron chi connectivity index (χ0n) is 9.85. The first kappa shape index (κ1) is 11.5. The molecule has 0 bridgehead atoms. The Balaban J connectivity index is 2.52. The van der Waals surface area contributed by atoms with E-state index < -0.39 is 11.5 Å². The number of rotatable bonds is 1. The number of alkyl halides is 2. The molecule has 1 aliphatic rings. The summed E-state index contributed by atoms with van der Waals surface area (Å²) in [6.45, 7) is 6.03. The minimum atomic E-state index is -2.76. The van der Waals surface area contributed by atoms with E-state index in [9.17, 15) is 8.78 Å². The zero-order chi connectivity index (χ0) is 12.2. The van der Waals surface area contributed by atoms with Crippen LogP contribution < -0.4 is 5.73 Å². The lowest BCUT2D eigenvalue weighted by molar-refractivity contribution is 0.0887. The van der Waals surface area contributed by atoms with Crippen LogP contribution in [0.5, 0.6) is 0 Å². The molecule has 1 fully saturated rings. The van der Waals surface area contributed by atoms with E-state index in [-0.39, 0.29) is 11.8 Å². The number of benzene rings is 1. The maximum Gasteiger partial charge on any atom is 0.272 e. The average molecular weight is 225 g/mol. The summed E-state index contributed by atoms with van der Waals surface area (Å²) in [6, 6.07) is 7.25. The lowest BCUT2D eigenvalue weighted by atomic mass is 9.81. The molecule has 16 heavy (non-hydrogen) atoms. The summed E-state index contributed by atoms with van der Waals surface area (Å²) in [6.07, 6.45) is -0.243. The van der Waals surface area contributed by atoms with Crippen molar-refractivity contribution in [3.05, 3.63) is 35.4 Å². The van der Waals surface area contributed by atoms with Gasteiger partial charge in [-0.3, -0.25) is 0 Å². The van der Waals surface area contributed by atoms with Crippen LogP contribution in [0.1, 0.15) is 38.3 Å². The maximum atomic E-state index is 13.3. The first-order chi connectivity index (χ1) is 7.18. The molecule has 0 radical (unpaired) electrons. The third kappa shape index (κ3) is 1.54. The number of hydrogen-bond donors (Lipinski definition) is 1. The molecule has 0 amide bonds. The van der Waals surface area contributed by atoms with Crippen molar-refractivity contribution in [2.45, 2.75) is 44.1 Å². The van der Waals surface area contributed by atoms with Gasteiger partial charge >= 0.3 is 0 Å². The fourth-order valence-corrected chi connectivity index (χ4v) is 2.12. The fraction of sp³-hybridized carbons (Fsp3) is 0.538. The van der Waals surface area contributed by atoms with Gasteiger partial charge in [0.05, 0.1) is 0 Å². The molecule has 0 spiro atoms. The predicted octanol–water partition coefficient (Wildman–Crippen LogP) is 3.18. The topological polar surface area (TPSA) is 26.0 Å². The van der Waals surface area contributed by atoms with Crippen LogP contribution in [0.2, 0.25) is 0 Å². The molecular formula is C13H17F2N. The van der Waals surface area contributed by atoms with Crippen LogP contribution in [0.4, 0.5) is 8.78 Å². The van der Waals surface area contributed by atoms with Crippen LogP contribution in [-0.4, -0.2) is 5.92 Å². The van der Waals surface area contributed by atoms with Crippen LogP contribution in [0.25, 0.3) is 0 Å². The Hall–Kier alpha value is -0.960. The quantitative estimate of drug-likeness (QED) is 0.780. The van der Waals surface area contributed by atoms with Crippen LogP contribution in [-0.2, 0) is 11.0 Å². The summed E-state index contributed by atoms with van der Waals surface area (Å²) in [5.41, 5.74) is 5.68. The second-order valence-corrected chi connectivity index (χ2v) is 5.65. The number of hydrogen-bond acceptors (Lipinski definition) is 1. The van der Waals surface area contributed by atoms with Gasteiger partial charge in [-0.15, -0.1) is 0 Å². The molecule has 2 N–H and O–H groups in total. The second kappa shape index (κ2) is 3.04. The average Bonchev–Trinajstić information content (AvgIpc) is 2.66. The molecule has 88 valence electrons. The van der Waals surface area contributed by atoms with E-state index in [0.29, 0.717) is 5.56 Å². The van der Waals surface area contributed by atoms with Gasteiger partial charge in [-0.05, 0) is 16.5 Å². The van der Waals surface area contributed by atoms with Gasteiger partial charge in [-0.25, -0.2) is 8.78 Å². The van der Waals surface area contributed by atoms with Crippen molar-refractivity contribution in [2.24, 2.45) is 5.73 Å². The Bertz CT molecular complexity index is 420. The predicted molar refractivity (Wildman–Crippen MR) is 60.6 cm³/mol. The molecule has 0 aromatic heterocycles. The fourth-order valence-electron chi connectivity index (χ4n) is 2.12. The Morgan fingerprint density at radius 1 is 1.19 bits per heavy atom. The largest absolute Gasteiger partial charge is 0.316 e. The molecule has 1 aliphatic carbocycles. The molecule has 0 aliphatic heterocycles. The highest BCUT2D eigenvalue weighted by Gasteiger charge is 2.70. The maximum absolute atomic E-state index is 13.3. The molecule has 1 saturated carbocycles. The van der Waals surface area contributed by atoms with Crippen molar-refractivity contribution in [1.82, 2.24) is 0 Å². The third-order valence-electron chi connectivity index (χ3n) is 3.24. The van der Waals surface area contributed by atoms with Gasteiger partial charge in [0.2, 0.25) is 0 Å². The summed E-state index contributed by atoms with van der Waals surface area (Å²) in [4.78, 5) is 0. The molecule has 2 rings (SSSR count). The molecule has 1 aromatic carbocycles. The van der Waals surface area contributed by atoms with E-state index in [2.05, 4.69) is 0 Å². The van der Waals surface area contributed by atoms with Gasteiger partial charge in [0.25, 0.3) is 5.92 Å². The highest BCUT2D eigenvalue weighted by atomic mass is 19.3. The van der Waals surface area contributed by atoms with E-state index in [1.54, 1.807) is 12.1 Å². The lowest BCUT2D eigenvalue weighted by Crippen LogP contribution is -2.31. The van der Waals surface area contributed by atoms with Crippen LogP contribution in [0.15, 0.2) is 24.3 Å². The molecule has 1 atom stereocenters. The van der Waals surface area contributed by atoms with Gasteiger partial charge in [0.1, 0.15) is 5.54 Å². The van der Waals surface area contributed by atoms with Crippen molar-refractivity contribution in [3.63, 3.8) is 0 Å². The summed E-state index contributed by atoms with van der Waals surface area (Å²) in [7, 11) is 0. The normalized spacial score (nSPS) is 27.9. The monoisotopic (exact) mass is 225 g/mol. The highest BCUT2D eigenvalue weighted by Crippen LogP contribution is 2.58. The SMILES string of the molecule is CC(C)(C)c1ccccc1C1(N)CC1(F)F. The summed E-state index contributed by atoms with van der Waals surface area (Å²) < 4.78 is 26.6. The Morgan fingerprint density at radius 3 is 2.12 bits per heavy atom. The third-order valence-corrected chi connectivity index (χ3v) is 3.24. The Labute approximate surface area is 94.7 Å². The van der Waals surface area contributed by atoms with Gasteiger partial charge < -0.3 is 5.73 Å². The summed E-state index contributed by atoms with van der Waals surface area (Å²) in [5.74, 6) is -2.76. The van der Waals surface area contributed by atoms with E-state index in [0.717, 1.165) is 5.56 Å². The first-order valence-corrected chi connectivity index (χ1v) is 5.45. The lowest BCUT2D eigenvalue weighted by Gasteiger charge is -2.25. The minimum Gasteiger partial charge on any atom is -0.316 e. The van der Waals surface area contributed by atoms with Crippen molar-refractivity contribution >= 4 is 0 Å². The van der Waals surface area contributed by atoms with Crippen molar-refractivity contribution in [3.8, 4) is 0 Å². The van der Waals surface area contributed by atoms with E-state index in [4.69, 9.17) is 5.73 Å². The number of halogens is 2. The van der Waals surface area contributed by atoms with Gasteiger partial charge in [0, 0.05) is 6.42 Å². The highest BCUT2D eigenvalue weighted by molar-refractivity contribution is 5.44. The zero-order valence-corrected chi connectivity index (χ0v) is 9.85. The Morgan fingerprint density at radius 2 is 1.69 bits per heavy atom. The van der Waals surface area contributed by atoms with Gasteiger partial charge in [-0.2, -0.15) is 0 Å². The second-order valence-electron chi connectivity index (χ2n) is 5.65. The molecule has 3 heteroatoms. The first-order valence-electron chi connectivity index (χ1n) is 5.45. The van der Waals surface area contributed by atoms with Gasteiger partial charge in [-0.1, -0.05) is 45.0 Å². The molecule has 1 nitrogen and oxygen atoms in total. The van der Waals surface area contributed by atoms with Crippen molar-refractivity contribution in [2.75, 3.05) is 0 Å². The van der Waals surface area contributed by atoms with Gasteiger partial charge in [0.15, 0.2) is 0 Å². The smallest absolute Gasteiger partial charge is 0.272 e. The molecule has 1 unspecified atom stereocenters. The van der Waals surface area contributed by atoms with E-state index in [1.165, 1.54) is 0 Å². The van der Waals surface area contributed by atoms with Crippen molar-refractivity contribution < 1.29 is 8.78 Å². The Kier molecular flexibility index (Phi) is 2.19. The molecule has 0 heterocycles. The minimum absolute atomic E-state index is 0.165.